The van der Waals surface area contributed by atoms with E-state index in [9.17, 15) is 0 Å². The molecule has 5 rings (SSSR count). The quantitative estimate of drug-likeness (QED) is 0.837. The van der Waals surface area contributed by atoms with Crippen LogP contribution < -0.4 is 5.32 Å². The topological polar surface area (TPSA) is 40.5 Å². The number of nitrogens with one attached hydrogen (secondary N) is 1. The van der Waals surface area contributed by atoms with Crippen molar-refractivity contribution >= 4 is 11.5 Å². The van der Waals surface area contributed by atoms with Crippen LogP contribution in [0, 0.1) is 5.92 Å². The molecule has 1 aromatic rings. The zero-order valence-electron chi connectivity index (χ0n) is 11.2. The first-order chi connectivity index (χ1) is 9.34. The third kappa shape index (κ3) is 1.94. The summed E-state index contributed by atoms with van der Waals surface area (Å²) in [6.45, 7) is 3.75. The zero-order valence-corrected chi connectivity index (χ0v) is 11.2. The van der Waals surface area contributed by atoms with Crippen molar-refractivity contribution in [1.82, 2.24) is 9.88 Å². The van der Waals surface area contributed by atoms with Crippen LogP contribution in [0.3, 0.4) is 0 Å². The van der Waals surface area contributed by atoms with Crippen molar-refractivity contribution in [3.05, 3.63) is 24.5 Å². The third-order valence-electron chi connectivity index (χ3n) is 4.95. The summed E-state index contributed by atoms with van der Waals surface area (Å²) in [5, 5.41) is 3.44. The minimum absolute atomic E-state index is 0.223. The average molecular weight is 256 g/mol. The number of nitrogens with zero attached hydrogens (tertiary/aromatic N) is 3. The fraction of sp³-hybridized carbons (Fsp3) is 0.600. The molecule has 3 saturated heterocycles. The number of amidine groups is 1. The van der Waals surface area contributed by atoms with Crippen molar-refractivity contribution in [2.45, 2.75) is 31.2 Å². The molecule has 19 heavy (non-hydrogen) atoms. The van der Waals surface area contributed by atoms with Crippen molar-refractivity contribution in [3.63, 3.8) is 0 Å². The molecule has 2 bridgehead atoms. The Kier molecular flexibility index (Phi) is 2.58. The van der Waals surface area contributed by atoms with Crippen LogP contribution in [0.15, 0.2) is 29.5 Å². The van der Waals surface area contributed by atoms with Gasteiger partial charge in [-0.25, -0.2) is 0 Å². The number of piperidine rings is 3. The standard InChI is InChI=1S/C15H20N4/c1-2-13(10-16-7-1)17-14-3-6-15(18-14)11-19-8-4-12(15)5-9-19/h1-2,7,10,12H,3-6,8-9,11H2,(H,17,18). The highest BCUT2D eigenvalue weighted by Gasteiger charge is 2.48. The first kappa shape index (κ1) is 11.4. The van der Waals surface area contributed by atoms with Crippen molar-refractivity contribution in [1.29, 1.82) is 0 Å². The highest BCUT2D eigenvalue weighted by molar-refractivity contribution is 5.96. The monoisotopic (exact) mass is 256 g/mol. The van der Waals surface area contributed by atoms with Crippen LogP contribution in [0.2, 0.25) is 0 Å². The second-order valence-corrected chi connectivity index (χ2v) is 6.08. The minimum atomic E-state index is 0.223. The van der Waals surface area contributed by atoms with Gasteiger partial charge in [-0.3, -0.25) is 9.98 Å². The molecule has 100 valence electrons. The van der Waals surface area contributed by atoms with Crippen molar-refractivity contribution in [2.24, 2.45) is 10.9 Å². The molecule has 0 saturated carbocycles. The molecule has 3 fully saturated rings. The lowest BCUT2D eigenvalue weighted by Crippen LogP contribution is -2.57. The van der Waals surface area contributed by atoms with Crippen LogP contribution in [-0.4, -0.2) is 40.9 Å². The molecule has 4 heteroatoms. The van der Waals surface area contributed by atoms with Gasteiger partial charge in [-0.1, -0.05) is 0 Å². The summed E-state index contributed by atoms with van der Waals surface area (Å²) >= 11 is 0. The lowest BCUT2D eigenvalue weighted by molar-refractivity contribution is 0.0312. The maximum absolute atomic E-state index is 5.09. The van der Waals surface area contributed by atoms with E-state index in [1.54, 1.807) is 6.20 Å². The molecular weight excluding hydrogens is 236 g/mol. The van der Waals surface area contributed by atoms with Gasteiger partial charge in [-0.05, 0) is 50.4 Å². The Bertz CT molecular complexity index is 490. The molecule has 4 aliphatic heterocycles. The highest BCUT2D eigenvalue weighted by Crippen LogP contribution is 2.44. The van der Waals surface area contributed by atoms with Crippen LogP contribution in [0.5, 0.6) is 0 Å². The molecule has 1 unspecified atom stereocenters. The summed E-state index contributed by atoms with van der Waals surface area (Å²) < 4.78 is 0. The molecule has 4 nitrogen and oxygen atoms in total. The summed E-state index contributed by atoms with van der Waals surface area (Å²) in [7, 11) is 0. The van der Waals surface area contributed by atoms with E-state index in [0.717, 1.165) is 23.9 Å². The molecule has 1 spiro atoms. The van der Waals surface area contributed by atoms with Crippen LogP contribution >= 0.6 is 0 Å². The smallest absolute Gasteiger partial charge is 0.102 e. The van der Waals surface area contributed by atoms with Crippen molar-refractivity contribution in [3.8, 4) is 0 Å². The van der Waals surface area contributed by atoms with E-state index in [-0.39, 0.29) is 5.54 Å². The molecule has 5 heterocycles. The van der Waals surface area contributed by atoms with E-state index in [2.05, 4.69) is 21.3 Å². The molecule has 0 aliphatic carbocycles. The lowest BCUT2D eigenvalue weighted by atomic mass is 9.72. The predicted octanol–water partition coefficient (Wildman–Crippen LogP) is 2.15. The van der Waals surface area contributed by atoms with Crippen molar-refractivity contribution in [2.75, 3.05) is 25.0 Å². The largest absolute Gasteiger partial charge is 0.343 e. The predicted molar refractivity (Wildman–Crippen MR) is 76.4 cm³/mol. The van der Waals surface area contributed by atoms with Gasteiger partial charge < -0.3 is 10.2 Å². The van der Waals surface area contributed by atoms with Crippen LogP contribution in [0.4, 0.5) is 5.69 Å². The van der Waals surface area contributed by atoms with E-state index in [1.165, 1.54) is 38.9 Å². The fourth-order valence-electron chi connectivity index (χ4n) is 3.96. The highest BCUT2D eigenvalue weighted by atomic mass is 15.2. The van der Waals surface area contributed by atoms with E-state index >= 15 is 0 Å². The van der Waals surface area contributed by atoms with E-state index in [0.29, 0.717) is 0 Å². The summed E-state index contributed by atoms with van der Waals surface area (Å²) in [4.78, 5) is 11.8. The van der Waals surface area contributed by atoms with E-state index in [4.69, 9.17) is 4.99 Å². The van der Waals surface area contributed by atoms with Gasteiger partial charge in [-0.15, -0.1) is 0 Å². The molecule has 0 radical (unpaired) electrons. The third-order valence-corrected chi connectivity index (χ3v) is 4.95. The Morgan fingerprint density at radius 3 is 2.89 bits per heavy atom. The number of aliphatic imine (C=N–C) groups is 1. The van der Waals surface area contributed by atoms with E-state index < -0.39 is 0 Å². The molecule has 1 atom stereocenters. The molecule has 1 N–H and O–H groups in total. The maximum Gasteiger partial charge on any atom is 0.102 e. The van der Waals surface area contributed by atoms with Crippen LogP contribution in [-0.2, 0) is 0 Å². The van der Waals surface area contributed by atoms with Gasteiger partial charge in [0.25, 0.3) is 0 Å². The summed E-state index contributed by atoms with van der Waals surface area (Å²) in [5.74, 6) is 1.97. The van der Waals surface area contributed by atoms with Gasteiger partial charge in [0.1, 0.15) is 5.84 Å². The normalized spacial score (nSPS) is 36.5. The number of aromatic nitrogens is 1. The summed E-state index contributed by atoms with van der Waals surface area (Å²) in [6, 6.07) is 4.01. The minimum Gasteiger partial charge on any atom is -0.343 e. The van der Waals surface area contributed by atoms with Gasteiger partial charge in [0.2, 0.25) is 0 Å². The van der Waals surface area contributed by atoms with Crippen LogP contribution in [0.25, 0.3) is 0 Å². The maximum atomic E-state index is 5.09. The van der Waals surface area contributed by atoms with Gasteiger partial charge in [0, 0.05) is 19.2 Å². The SMILES string of the molecule is c1cncc(NC2=NC3(CC2)CN2CCC3CC2)c1. The number of rotatable bonds is 1. The first-order valence-corrected chi connectivity index (χ1v) is 7.32. The zero-order chi connectivity index (χ0) is 12.7. The Morgan fingerprint density at radius 1 is 1.32 bits per heavy atom. The Balaban J connectivity index is 1.55. The van der Waals surface area contributed by atoms with Gasteiger partial charge in [0.15, 0.2) is 0 Å². The fourth-order valence-corrected chi connectivity index (χ4v) is 3.96. The van der Waals surface area contributed by atoms with Crippen LogP contribution in [0.1, 0.15) is 25.7 Å². The summed E-state index contributed by atoms with van der Waals surface area (Å²) in [6.07, 6.45) is 8.64. The number of hydrogen-bond acceptors (Lipinski definition) is 4. The summed E-state index contributed by atoms with van der Waals surface area (Å²) in [5.41, 5.74) is 1.28. The van der Waals surface area contributed by atoms with Gasteiger partial charge in [0.05, 0.1) is 17.4 Å². The number of hydrogen-bond donors (Lipinski definition) is 1. The second-order valence-electron chi connectivity index (χ2n) is 6.08. The molecular formula is C15H20N4. The molecule has 4 aliphatic rings. The average Bonchev–Trinajstić information content (AvgIpc) is 2.84. The number of anilines is 1. The number of pyridine rings is 1. The van der Waals surface area contributed by atoms with Gasteiger partial charge in [-0.2, -0.15) is 0 Å². The molecule has 0 aromatic carbocycles. The lowest BCUT2D eigenvalue weighted by Gasteiger charge is -2.49. The van der Waals surface area contributed by atoms with Gasteiger partial charge >= 0.3 is 0 Å². The molecule has 0 amide bonds. The Labute approximate surface area is 113 Å². The Hall–Kier alpha value is -1.42. The van der Waals surface area contributed by atoms with E-state index in [1.807, 2.05) is 12.3 Å². The van der Waals surface area contributed by atoms with Crippen molar-refractivity contribution < 1.29 is 0 Å². The first-order valence-electron chi connectivity index (χ1n) is 7.32. The second kappa shape index (κ2) is 4.30. The number of fused-ring (bicyclic) bond motifs is 2. The molecule has 1 aromatic heterocycles. The Morgan fingerprint density at radius 2 is 2.21 bits per heavy atom.